The highest BCUT2D eigenvalue weighted by atomic mass is 19.4. The molecule has 1 saturated carbocycles. The van der Waals surface area contributed by atoms with E-state index in [1.54, 1.807) is 4.90 Å². The molecule has 1 aliphatic carbocycles. The molecular formula is C30H28F9N7O. The van der Waals surface area contributed by atoms with Crippen molar-refractivity contribution in [3.63, 3.8) is 0 Å². The van der Waals surface area contributed by atoms with Gasteiger partial charge in [-0.05, 0) is 54.2 Å². The predicted molar refractivity (Wildman–Crippen MR) is 148 cm³/mol. The number of aliphatic imine (C=N–C) groups is 1. The molecule has 1 amide bonds. The van der Waals surface area contributed by atoms with Gasteiger partial charge in [0.15, 0.2) is 11.8 Å². The number of carbonyl (C=O) groups is 1. The molecule has 1 fully saturated rings. The van der Waals surface area contributed by atoms with Crippen molar-refractivity contribution in [3.8, 4) is 0 Å². The Bertz CT molecular complexity index is 1690. The van der Waals surface area contributed by atoms with Crippen LogP contribution in [0, 0.1) is 5.92 Å². The second-order valence-electron chi connectivity index (χ2n) is 12.1. The van der Waals surface area contributed by atoms with Gasteiger partial charge in [-0.15, -0.1) is 10.2 Å². The van der Waals surface area contributed by atoms with E-state index in [4.69, 9.17) is 5.73 Å². The van der Waals surface area contributed by atoms with Crippen LogP contribution in [-0.2, 0) is 43.7 Å². The number of rotatable bonds is 7. The van der Waals surface area contributed by atoms with Crippen LogP contribution in [-0.4, -0.2) is 49.5 Å². The molecule has 47 heavy (non-hydrogen) atoms. The lowest BCUT2D eigenvalue weighted by Crippen LogP contribution is -2.40. The second-order valence-corrected chi connectivity index (χ2v) is 12.1. The Morgan fingerprint density at radius 2 is 1.60 bits per heavy atom. The number of alkyl halides is 9. The summed E-state index contributed by atoms with van der Waals surface area (Å²) in [4.78, 5) is 20.7. The van der Waals surface area contributed by atoms with Crippen LogP contribution in [0.3, 0.4) is 0 Å². The fraction of sp³-hybridized carbons (Fsp3) is 0.467. The van der Waals surface area contributed by atoms with Crippen molar-refractivity contribution in [1.29, 1.82) is 0 Å². The van der Waals surface area contributed by atoms with Crippen molar-refractivity contribution in [2.75, 3.05) is 13.1 Å². The number of amides is 1. The molecule has 1 atom stereocenters. The van der Waals surface area contributed by atoms with Crippen molar-refractivity contribution in [2.45, 2.75) is 69.4 Å². The maximum atomic E-state index is 14.1. The first-order valence-electron chi connectivity index (χ1n) is 14.7. The molecule has 0 spiro atoms. The van der Waals surface area contributed by atoms with E-state index >= 15 is 0 Å². The molecule has 0 saturated heterocycles. The minimum absolute atomic E-state index is 0.0457. The van der Waals surface area contributed by atoms with Crippen LogP contribution in [0.25, 0.3) is 0 Å². The van der Waals surface area contributed by atoms with Crippen LogP contribution in [0.15, 0.2) is 47.5 Å². The monoisotopic (exact) mass is 673 g/mol. The summed E-state index contributed by atoms with van der Waals surface area (Å²) in [5.41, 5.74) is 3.36. The van der Waals surface area contributed by atoms with E-state index in [0.29, 0.717) is 17.9 Å². The molecule has 252 valence electrons. The van der Waals surface area contributed by atoms with Gasteiger partial charge in [0.1, 0.15) is 5.54 Å². The van der Waals surface area contributed by atoms with E-state index in [2.05, 4.69) is 15.2 Å². The smallest absolute Gasteiger partial charge is 0.370 e. The molecule has 6 rings (SSSR count). The van der Waals surface area contributed by atoms with Crippen LogP contribution in [0.4, 0.5) is 39.5 Å². The average Bonchev–Trinajstić information content (AvgIpc) is 3.63. The summed E-state index contributed by atoms with van der Waals surface area (Å²) in [5.74, 6) is -2.00. The summed E-state index contributed by atoms with van der Waals surface area (Å²) in [7, 11) is 0. The standard InChI is InChI=1S/C30H28F9N7O/c31-28(32,33)20-6-4-19(5-7-20)27(10-9-17-1-2-17)16-45(26(40)41-27)14-18-3-8-22(29(34,35)36)21(13-18)24(47)44-11-12-46-23(15-44)42-43-25(46)30(37,38)39/h3-8,13,17H,1-2,9-12,14-16H2,(H2,40,41). The van der Waals surface area contributed by atoms with Gasteiger partial charge in [-0.25, -0.2) is 4.99 Å². The lowest BCUT2D eigenvalue weighted by molar-refractivity contribution is -0.148. The third-order valence-electron chi connectivity index (χ3n) is 8.80. The van der Waals surface area contributed by atoms with E-state index in [1.807, 2.05) is 0 Å². The lowest BCUT2D eigenvalue weighted by atomic mass is 9.85. The summed E-state index contributed by atoms with van der Waals surface area (Å²) < 4.78 is 122. The largest absolute Gasteiger partial charge is 0.451 e. The Morgan fingerprint density at radius 1 is 0.894 bits per heavy atom. The van der Waals surface area contributed by atoms with Gasteiger partial charge in [0, 0.05) is 19.6 Å². The first-order valence-corrected chi connectivity index (χ1v) is 14.7. The predicted octanol–water partition coefficient (Wildman–Crippen LogP) is 6.21. The Kier molecular flexibility index (Phi) is 7.94. The number of carbonyl (C=O) groups excluding carboxylic acids is 1. The van der Waals surface area contributed by atoms with E-state index in [1.165, 1.54) is 18.2 Å². The molecule has 8 nitrogen and oxygen atoms in total. The number of hydrogen-bond donors (Lipinski definition) is 1. The lowest BCUT2D eigenvalue weighted by Gasteiger charge is -2.30. The molecule has 3 aliphatic rings. The molecule has 0 bridgehead atoms. The van der Waals surface area contributed by atoms with Gasteiger partial charge in [0.05, 0.1) is 29.8 Å². The van der Waals surface area contributed by atoms with Gasteiger partial charge in [0.25, 0.3) is 5.91 Å². The number of guanidine groups is 1. The van der Waals surface area contributed by atoms with Crippen molar-refractivity contribution >= 4 is 11.9 Å². The first-order chi connectivity index (χ1) is 21.9. The summed E-state index contributed by atoms with van der Waals surface area (Å²) in [6.07, 6.45) is -10.9. The molecule has 1 aromatic heterocycles. The van der Waals surface area contributed by atoms with Crippen molar-refractivity contribution in [1.82, 2.24) is 24.6 Å². The molecule has 3 aromatic rings. The number of fused-ring (bicyclic) bond motifs is 1. The zero-order valence-corrected chi connectivity index (χ0v) is 24.6. The number of nitrogens with two attached hydrogens (primary N) is 1. The number of hydrogen-bond acceptors (Lipinski definition) is 6. The normalized spacial score (nSPS) is 20.4. The van der Waals surface area contributed by atoms with Crippen LogP contribution in [0.5, 0.6) is 0 Å². The van der Waals surface area contributed by atoms with E-state index in [9.17, 15) is 44.3 Å². The zero-order chi connectivity index (χ0) is 33.9. The van der Waals surface area contributed by atoms with Crippen molar-refractivity contribution in [3.05, 3.63) is 81.9 Å². The third-order valence-corrected chi connectivity index (χ3v) is 8.80. The Labute approximate surface area is 262 Å². The average molecular weight is 674 g/mol. The molecule has 0 radical (unpaired) electrons. The molecule has 3 heterocycles. The van der Waals surface area contributed by atoms with Gasteiger partial charge in [-0.2, -0.15) is 39.5 Å². The van der Waals surface area contributed by atoms with Crippen LogP contribution in [0.1, 0.15) is 69.9 Å². The Hall–Kier alpha value is -4.31. The van der Waals surface area contributed by atoms with Crippen LogP contribution in [0.2, 0.25) is 0 Å². The number of aromatic nitrogens is 3. The second kappa shape index (κ2) is 11.4. The summed E-state index contributed by atoms with van der Waals surface area (Å²) in [5, 5.41) is 6.62. The SMILES string of the molecule is NC1=NC(CCC2CC2)(c2ccc(C(F)(F)F)cc2)CN1Cc1ccc(C(F)(F)F)c(C(=O)N2CCn3c(nnc3C(F)(F)F)C2)c1. The molecule has 2 aliphatic heterocycles. The Balaban J connectivity index is 1.26. The highest BCUT2D eigenvalue weighted by Crippen LogP contribution is 2.43. The zero-order valence-electron chi connectivity index (χ0n) is 24.6. The van der Waals surface area contributed by atoms with Gasteiger partial charge < -0.3 is 20.1 Å². The van der Waals surface area contributed by atoms with Gasteiger partial charge in [-0.3, -0.25) is 4.79 Å². The Morgan fingerprint density at radius 3 is 2.21 bits per heavy atom. The van der Waals surface area contributed by atoms with Crippen molar-refractivity contribution < 1.29 is 44.3 Å². The quantitative estimate of drug-likeness (QED) is 0.302. The number of benzene rings is 2. The molecular weight excluding hydrogens is 645 g/mol. The molecule has 17 heteroatoms. The molecule has 2 N–H and O–H groups in total. The van der Waals surface area contributed by atoms with E-state index < -0.39 is 59.0 Å². The summed E-state index contributed by atoms with van der Waals surface area (Å²) in [6.45, 7) is -1.08. The maximum Gasteiger partial charge on any atom is 0.451 e. The van der Waals surface area contributed by atoms with E-state index in [0.717, 1.165) is 53.0 Å². The first kappa shape index (κ1) is 32.6. The van der Waals surface area contributed by atoms with Gasteiger partial charge in [-0.1, -0.05) is 31.0 Å². The summed E-state index contributed by atoms with van der Waals surface area (Å²) in [6, 6.07) is 7.70. The minimum atomic E-state index is -4.92. The number of halogens is 9. The minimum Gasteiger partial charge on any atom is -0.370 e. The third kappa shape index (κ3) is 6.61. The fourth-order valence-electron chi connectivity index (χ4n) is 6.16. The van der Waals surface area contributed by atoms with Crippen LogP contribution < -0.4 is 5.73 Å². The highest BCUT2D eigenvalue weighted by Gasteiger charge is 2.44. The van der Waals surface area contributed by atoms with E-state index in [-0.39, 0.29) is 43.5 Å². The molecule has 1 unspecified atom stereocenters. The van der Waals surface area contributed by atoms with Crippen LogP contribution >= 0.6 is 0 Å². The van der Waals surface area contributed by atoms with Gasteiger partial charge >= 0.3 is 18.5 Å². The summed E-state index contributed by atoms with van der Waals surface area (Å²) >= 11 is 0. The van der Waals surface area contributed by atoms with Gasteiger partial charge in [0.2, 0.25) is 5.82 Å². The topological polar surface area (TPSA) is 92.6 Å². The maximum absolute atomic E-state index is 14.1. The number of nitrogens with zero attached hydrogens (tertiary/aromatic N) is 6. The highest BCUT2D eigenvalue weighted by molar-refractivity contribution is 5.96. The van der Waals surface area contributed by atoms with Crippen molar-refractivity contribution in [2.24, 2.45) is 16.6 Å². The molecule has 2 aromatic carbocycles. The fourth-order valence-corrected chi connectivity index (χ4v) is 6.16.